The predicted molar refractivity (Wildman–Crippen MR) is 81.3 cm³/mol. The molecule has 106 valence electrons. The van der Waals surface area contributed by atoms with E-state index in [2.05, 4.69) is 6.07 Å². The molecule has 1 aromatic heterocycles. The molecule has 3 aromatic rings. The summed E-state index contributed by atoms with van der Waals surface area (Å²) in [5, 5.41) is 18.2. The van der Waals surface area contributed by atoms with Crippen molar-refractivity contribution in [3.8, 4) is 28.7 Å². The van der Waals surface area contributed by atoms with E-state index in [1.807, 2.05) is 30.3 Å². The Morgan fingerprint density at radius 3 is 2.27 bits per heavy atom. The van der Waals surface area contributed by atoms with E-state index < -0.39 is 5.97 Å². The second-order valence-electron chi connectivity index (χ2n) is 4.71. The van der Waals surface area contributed by atoms with E-state index in [0.29, 0.717) is 17.1 Å². The van der Waals surface area contributed by atoms with E-state index in [4.69, 9.17) is 9.52 Å². The van der Waals surface area contributed by atoms with Gasteiger partial charge in [-0.25, -0.2) is 4.79 Å². The largest absolute Gasteiger partial charge is 0.478 e. The zero-order valence-electron chi connectivity index (χ0n) is 11.5. The molecule has 0 unspecified atom stereocenters. The second kappa shape index (κ2) is 5.58. The molecule has 1 heterocycles. The average molecular weight is 289 g/mol. The quantitative estimate of drug-likeness (QED) is 0.784. The van der Waals surface area contributed by atoms with Crippen molar-refractivity contribution >= 4 is 5.97 Å². The van der Waals surface area contributed by atoms with Gasteiger partial charge in [-0.1, -0.05) is 42.5 Å². The molecule has 0 aliphatic heterocycles. The van der Waals surface area contributed by atoms with Gasteiger partial charge in [0.1, 0.15) is 11.8 Å². The van der Waals surface area contributed by atoms with Gasteiger partial charge in [-0.2, -0.15) is 5.26 Å². The number of aromatic carboxylic acids is 1. The Bertz CT molecular complexity index is 856. The highest BCUT2D eigenvalue weighted by atomic mass is 16.4. The minimum absolute atomic E-state index is 0.207. The van der Waals surface area contributed by atoms with Crippen LogP contribution in [0.2, 0.25) is 0 Å². The van der Waals surface area contributed by atoms with Crippen LogP contribution in [0.5, 0.6) is 0 Å². The number of hydrogen-bond donors (Lipinski definition) is 1. The Morgan fingerprint density at radius 2 is 1.68 bits per heavy atom. The molecule has 0 aliphatic rings. The highest BCUT2D eigenvalue weighted by molar-refractivity contribution is 5.88. The maximum atomic E-state index is 10.9. The van der Waals surface area contributed by atoms with Gasteiger partial charge in [0.15, 0.2) is 5.76 Å². The molecule has 2 aromatic carbocycles. The number of carboxylic acids is 1. The number of carboxylic acid groups (broad SMARTS) is 1. The lowest BCUT2D eigenvalue weighted by atomic mass is 10.1. The summed E-state index contributed by atoms with van der Waals surface area (Å²) in [5.74, 6) is 0.0708. The van der Waals surface area contributed by atoms with Crippen LogP contribution in [0.4, 0.5) is 0 Å². The Hall–Kier alpha value is -3.32. The van der Waals surface area contributed by atoms with Gasteiger partial charge in [0.2, 0.25) is 0 Å². The summed E-state index contributed by atoms with van der Waals surface area (Å²) in [5.41, 5.74) is 2.21. The van der Waals surface area contributed by atoms with E-state index in [1.165, 1.54) is 12.1 Å². The Balaban J connectivity index is 2.04. The van der Waals surface area contributed by atoms with Crippen molar-refractivity contribution < 1.29 is 14.3 Å². The van der Waals surface area contributed by atoms with Gasteiger partial charge >= 0.3 is 5.97 Å². The Labute approximate surface area is 126 Å². The predicted octanol–water partition coefficient (Wildman–Crippen LogP) is 4.18. The van der Waals surface area contributed by atoms with E-state index in [1.54, 1.807) is 18.2 Å². The van der Waals surface area contributed by atoms with Gasteiger partial charge in [-0.15, -0.1) is 0 Å². The average Bonchev–Trinajstić information content (AvgIpc) is 3.00. The van der Waals surface area contributed by atoms with Gasteiger partial charge in [0.05, 0.1) is 11.1 Å². The molecule has 0 spiro atoms. The lowest BCUT2D eigenvalue weighted by Crippen LogP contribution is -1.94. The molecule has 0 atom stereocenters. The number of furan rings is 1. The second-order valence-corrected chi connectivity index (χ2v) is 4.71. The van der Waals surface area contributed by atoms with Gasteiger partial charge in [0.25, 0.3) is 0 Å². The fourth-order valence-corrected chi connectivity index (χ4v) is 2.20. The van der Waals surface area contributed by atoms with E-state index in [9.17, 15) is 10.1 Å². The van der Waals surface area contributed by atoms with Crippen LogP contribution in [0.15, 0.2) is 65.1 Å². The normalized spacial score (nSPS) is 10.1. The number of nitrogens with zero attached hydrogens (tertiary/aromatic N) is 1. The van der Waals surface area contributed by atoms with E-state index in [-0.39, 0.29) is 5.56 Å². The first-order valence-electron chi connectivity index (χ1n) is 6.62. The Kier molecular flexibility index (Phi) is 3.47. The van der Waals surface area contributed by atoms with Crippen LogP contribution in [-0.2, 0) is 0 Å². The molecular weight excluding hydrogens is 278 g/mol. The topological polar surface area (TPSA) is 74.2 Å². The fourth-order valence-electron chi connectivity index (χ4n) is 2.20. The molecule has 0 radical (unpaired) electrons. The van der Waals surface area contributed by atoms with Crippen molar-refractivity contribution in [3.63, 3.8) is 0 Å². The highest BCUT2D eigenvalue weighted by Crippen LogP contribution is 2.32. The first kappa shape index (κ1) is 13.7. The minimum Gasteiger partial charge on any atom is -0.478 e. The van der Waals surface area contributed by atoms with Crippen molar-refractivity contribution in [3.05, 3.63) is 71.8 Å². The first-order valence-corrected chi connectivity index (χ1v) is 6.62. The third kappa shape index (κ3) is 2.48. The van der Waals surface area contributed by atoms with Crippen LogP contribution in [-0.4, -0.2) is 11.1 Å². The molecule has 0 bridgehead atoms. The number of hydrogen-bond acceptors (Lipinski definition) is 3. The molecule has 0 saturated carbocycles. The molecular formula is C18H11NO3. The summed E-state index contributed by atoms with van der Waals surface area (Å²) in [6.07, 6.45) is 0. The minimum atomic E-state index is -0.978. The zero-order valence-corrected chi connectivity index (χ0v) is 11.5. The summed E-state index contributed by atoms with van der Waals surface area (Å²) in [6.45, 7) is 0. The molecule has 0 fully saturated rings. The van der Waals surface area contributed by atoms with Crippen LogP contribution in [0.1, 0.15) is 15.9 Å². The van der Waals surface area contributed by atoms with Crippen molar-refractivity contribution in [1.29, 1.82) is 5.26 Å². The molecule has 22 heavy (non-hydrogen) atoms. The standard InChI is InChI=1S/C18H11NO3/c19-11-15-10-16(12-6-8-14(9-7-12)18(20)21)22-17(15)13-4-2-1-3-5-13/h1-10H,(H,20,21). The Morgan fingerprint density at radius 1 is 1.00 bits per heavy atom. The first-order chi connectivity index (χ1) is 10.7. The summed E-state index contributed by atoms with van der Waals surface area (Å²) in [4.78, 5) is 10.9. The molecule has 4 heteroatoms. The van der Waals surface area contributed by atoms with E-state index >= 15 is 0 Å². The number of carbonyl (C=O) groups is 1. The van der Waals surface area contributed by atoms with Crippen molar-refractivity contribution in [1.82, 2.24) is 0 Å². The van der Waals surface area contributed by atoms with Crippen molar-refractivity contribution in [2.24, 2.45) is 0 Å². The lowest BCUT2D eigenvalue weighted by Gasteiger charge is -1.99. The van der Waals surface area contributed by atoms with Crippen LogP contribution in [0.25, 0.3) is 22.6 Å². The van der Waals surface area contributed by atoms with Crippen LogP contribution in [0, 0.1) is 11.3 Å². The molecule has 1 N–H and O–H groups in total. The molecule has 3 rings (SSSR count). The summed E-state index contributed by atoms with van der Waals surface area (Å²) in [6, 6.07) is 19.5. The molecule has 0 amide bonds. The smallest absolute Gasteiger partial charge is 0.335 e. The van der Waals surface area contributed by atoms with Crippen LogP contribution >= 0.6 is 0 Å². The highest BCUT2D eigenvalue weighted by Gasteiger charge is 2.14. The van der Waals surface area contributed by atoms with Crippen LogP contribution in [0.3, 0.4) is 0 Å². The van der Waals surface area contributed by atoms with Crippen molar-refractivity contribution in [2.45, 2.75) is 0 Å². The lowest BCUT2D eigenvalue weighted by molar-refractivity contribution is 0.0697. The molecule has 4 nitrogen and oxygen atoms in total. The number of nitriles is 1. The third-order valence-electron chi connectivity index (χ3n) is 3.30. The van der Waals surface area contributed by atoms with Gasteiger partial charge in [0, 0.05) is 17.2 Å². The maximum absolute atomic E-state index is 10.9. The van der Waals surface area contributed by atoms with Gasteiger partial charge < -0.3 is 9.52 Å². The van der Waals surface area contributed by atoms with Gasteiger partial charge in [-0.05, 0) is 12.1 Å². The number of benzene rings is 2. The maximum Gasteiger partial charge on any atom is 0.335 e. The summed E-state index contributed by atoms with van der Waals surface area (Å²) < 4.78 is 5.81. The monoisotopic (exact) mass is 289 g/mol. The summed E-state index contributed by atoms with van der Waals surface area (Å²) >= 11 is 0. The summed E-state index contributed by atoms with van der Waals surface area (Å²) in [7, 11) is 0. The zero-order chi connectivity index (χ0) is 15.5. The van der Waals surface area contributed by atoms with Crippen LogP contribution < -0.4 is 0 Å². The van der Waals surface area contributed by atoms with Crippen molar-refractivity contribution in [2.75, 3.05) is 0 Å². The fraction of sp³-hybridized carbons (Fsp3) is 0. The van der Waals surface area contributed by atoms with E-state index in [0.717, 1.165) is 11.1 Å². The van der Waals surface area contributed by atoms with Gasteiger partial charge in [-0.3, -0.25) is 0 Å². The molecule has 0 aliphatic carbocycles. The SMILES string of the molecule is N#Cc1cc(-c2ccc(C(=O)O)cc2)oc1-c1ccccc1. The third-order valence-corrected chi connectivity index (χ3v) is 3.30. The molecule has 0 saturated heterocycles. The number of rotatable bonds is 3.